The van der Waals surface area contributed by atoms with Gasteiger partial charge in [-0.1, -0.05) is 0 Å². The van der Waals surface area contributed by atoms with E-state index in [0.717, 1.165) is 0 Å². The molecule has 3 aliphatic heterocycles. The normalized spacial score (nSPS) is 46.6. The lowest BCUT2D eigenvalue weighted by molar-refractivity contribution is -0.277. The molecule has 0 amide bonds. The van der Waals surface area contributed by atoms with Gasteiger partial charge in [-0.15, -0.1) is 0 Å². The van der Waals surface area contributed by atoms with Crippen LogP contribution in [0.1, 0.15) is 27.7 Å². The van der Waals surface area contributed by atoms with E-state index in [2.05, 4.69) is 0 Å². The number of carbonyl (C=O) groups is 1. The largest absolute Gasteiger partial charge is 0.477 e. The van der Waals surface area contributed by atoms with Gasteiger partial charge < -0.3 is 28.8 Å². The summed E-state index contributed by atoms with van der Waals surface area (Å²) in [7, 11) is 0. The summed E-state index contributed by atoms with van der Waals surface area (Å²) in [6.45, 7) is 6.93. The first kappa shape index (κ1) is 13.3. The molecule has 19 heavy (non-hydrogen) atoms. The van der Waals surface area contributed by atoms with Crippen LogP contribution in [0.5, 0.6) is 0 Å². The van der Waals surface area contributed by atoms with E-state index in [1.165, 1.54) is 0 Å². The third-order valence-corrected chi connectivity index (χ3v) is 3.46. The summed E-state index contributed by atoms with van der Waals surface area (Å²) in [4.78, 5) is 11.6. The molecule has 3 fully saturated rings. The van der Waals surface area contributed by atoms with Gasteiger partial charge in [0.1, 0.15) is 12.2 Å². The predicted octanol–water partition coefficient (Wildman–Crippen LogP) is 0.469. The monoisotopic (exact) mass is 274 g/mol. The number of rotatable bonds is 1. The summed E-state index contributed by atoms with van der Waals surface area (Å²) >= 11 is 0. The summed E-state index contributed by atoms with van der Waals surface area (Å²) in [5, 5.41) is 9.46. The van der Waals surface area contributed by atoms with Crippen LogP contribution in [0.3, 0.4) is 0 Å². The van der Waals surface area contributed by atoms with Gasteiger partial charge in [0.15, 0.2) is 17.7 Å². The Morgan fingerprint density at radius 3 is 2.42 bits per heavy atom. The molecule has 1 N–H and O–H groups in total. The van der Waals surface area contributed by atoms with Gasteiger partial charge in [0.05, 0.1) is 6.61 Å². The summed E-state index contributed by atoms with van der Waals surface area (Å²) in [5.74, 6) is -4.87. The Bertz CT molecular complexity index is 418. The lowest BCUT2D eigenvalue weighted by Gasteiger charge is -2.37. The Labute approximate surface area is 110 Å². The van der Waals surface area contributed by atoms with Crippen molar-refractivity contribution >= 4 is 5.97 Å². The molecule has 4 unspecified atom stereocenters. The first-order chi connectivity index (χ1) is 8.65. The van der Waals surface area contributed by atoms with Crippen molar-refractivity contribution in [3.63, 3.8) is 0 Å². The Hall–Kier alpha value is -0.730. The Morgan fingerprint density at radius 2 is 1.79 bits per heavy atom. The first-order valence-electron chi connectivity index (χ1n) is 6.26. The second kappa shape index (κ2) is 3.67. The molecule has 7 heteroatoms. The molecule has 0 saturated carbocycles. The number of carboxylic acid groups (broad SMARTS) is 1. The molecule has 0 aliphatic carbocycles. The fraction of sp³-hybridized carbons (Fsp3) is 0.917. The van der Waals surface area contributed by atoms with Crippen molar-refractivity contribution in [1.82, 2.24) is 0 Å². The number of hydrogen-bond donors (Lipinski definition) is 1. The number of aliphatic carboxylic acids is 1. The molecule has 108 valence electrons. The van der Waals surface area contributed by atoms with Gasteiger partial charge >= 0.3 is 11.8 Å². The van der Waals surface area contributed by atoms with Crippen molar-refractivity contribution in [3.05, 3.63) is 0 Å². The van der Waals surface area contributed by atoms with Crippen LogP contribution in [0.25, 0.3) is 0 Å². The molecule has 0 aromatic heterocycles. The van der Waals surface area contributed by atoms with Crippen molar-refractivity contribution in [3.8, 4) is 0 Å². The summed E-state index contributed by atoms with van der Waals surface area (Å²) < 4.78 is 28.1. The number of hydrogen-bond acceptors (Lipinski definition) is 6. The molecule has 0 radical (unpaired) electrons. The summed E-state index contributed by atoms with van der Waals surface area (Å²) in [6, 6.07) is 0. The van der Waals surface area contributed by atoms with Gasteiger partial charge in [-0.3, -0.25) is 0 Å². The third-order valence-electron chi connectivity index (χ3n) is 3.46. The van der Waals surface area contributed by atoms with E-state index < -0.39 is 35.5 Å². The van der Waals surface area contributed by atoms with Crippen LogP contribution in [0.2, 0.25) is 0 Å². The fourth-order valence-corrected chi connectivity index (χ4v) is 2.91. The summed E-state index contributed by atoms with van der Waals surface area (Å²) in [5.41, 5.74) is 0. The van der Waals surface area contributed by atoms with Crippen LogP contribution in [0, 0.1) is 0 Å². The average Bonchev–Trinajstić information content (AvgIpc) is 2.70. The predicted molar refractivity (Wildman–Crippen MR) is 60.2 cm³/mol. The minimum absolute atomic E-state index is 0.0936. The maximum Gasteiger partial charge on any atom is 0.367 e. The van der Waals surface area contributed by atoms with Gasteiger partial charge in [-0.25, -0.2) is 4.79 Å². The standard InChI is InChI=1S/C12H18O7/c1-10(2)16-6-5-15-12(9(13)14)8(7(6)17-10)18-11(3,4)19-12/h6-8H,5H2,1-4H3,(H,13,14). The minimum Gasteiger partial charge on any atom is -0.477 e. The van der Waals surface area contributed by atoms with E-state index in [9.17, 15) is 9.90 Å². The molecule has 3 aliphatic rings. The highest BCUT2D eigenvalue weighted by molar-refractivity contribution is 5.77. The Balaban J connectivity index is 1.96. The second-order valence-corrected chi connectivity index (χ2v) is 5.96. The highest BCUT2D eigenvalue weighted by Gasteiger charge is 2.69. The molecule has 3 saturated heterocycles. The second-order valence-electron chi connectivity index (χ2n) is 5.96. The van der Waals surface area contributed by atoms with Gasteiger partial charge in [0.25, 0.3) is 0 Å². The highest BCUT2D eigenvalue weighted by atomic mass is 16.9. The smallest absolute Gasteiger partial charge is 0.367 e. The van der Waals surface area contributed by atoms with Crippen molar-refractivity contribution < 1.29 is 33.6 Å². The van der Waals surface area contributed by atoms with Crippen LogP contribution in [0.4, 0.5) is 0 Å². The molecule has 4 atom stereocenters. The lowest BCUT2D eigenvalue weighted by atomic mass is 9.97. The van der Waals surface area contributed by atoms with E-state index >= 15 is 0 Å². The number of fused-ring (bicyclic) bond motifs is 3. The molecular weight excluding hydrogens is 256 g/mol. The molecule has 0 aromatic carbocycles. The molecular formula is C12H18O7. The quantitative estimate of drug-likeness (QED) is 0.744. The van der Waals surface area contributed by atoms with Crippen molar-refractivity contribution in [2.24, 2.45) is 0 Å². The van der Waals surface area contributed by atoms with E-state index in [0.29, 0.717) is 0 Å². The molecule has 0 bridgehead atoms. The van der Waals surface area contributed by atoms with Crippen LogP contribution in [0.15, 0.2) is 0 Å². The zero-order chi connectivity index (χ0) is 14.1. The molecule has 3 heterocycles. The van der Waals surface area contributed by atoms with Gasteiger partial charge in [-0.2, -0.15) is 0 Å². The van der Waals surface area contributed by atoms with E-state index in [1.807, 2.05) is 0 Å². The number of ether oxygens (including phenoxy) is 5. The molecule has 7 nitrogen and oxygen atoms in total. The van der Waals surface area contributed by atoms with Crippen LogP contribution >= 0.6 is 0 Å². The molecule has 0 spiro atoms. The lowest BCUT2D eigenvalue weighted by Crippen LogP contribution is -2.62. The van der Waals surface area contributed by atoms with Crippen molar-refractivity contribution in [2.45, 2.75) is 63.4 Å². The van der Waals surface area contributed by atoms with E-state index in [4.69, 9.17) is 23.7 Å². The fourth-order valence-electron chi connectivity index (χ4n) is 2.91. The van der Waals surface area contributed by atoms with Crippen LogP contribution in [-0.2, 0) is 28.5 Å². The van der Waals surface area contributed by atoms with Crippen molar-refractivity contribution in [1.29, 1.82) is 0 Å². The Kier molecular flexibility index (Phi) is 2.57. The van der Waals surface area contributed by atoms with Gasteiger partial charge in [-0.05, 0) is 27.7 Å². The SMILES string of the molecule is CC1(C)OC2COC3(C(=O)O)OC(C)(C)OC3C2O1. The zero-order valence-corrected chi connectivity index (χ0v) is 11.3. The topological polar surface area (TPSA) is 83.5 Å². The number of carboxylic acids is 1. The van der Waals surface area contributed by atoms with Crippen LogP contribution < -0.4 is 0 Å². The zero-order valence-electron chi connectivity index (χ0n) is 11.3. The van der Waals surface area contributed by atoms with Crippen LogP contribution in [-0.4, -0.2) is 53.4 Å². The van der Waals surface area contributed by atoms with Crippen molar-refractivity contribution in [2.75, 3.05) is 6.61 Å². The summed E-state index contributed by atoms with van der Waals surface area (Å²) in [6.07, 6.45) is -1.74. The van der Waals surface area contributed by atoms with E-state index in [1.54, 1.807) is 27.7 Å². The average molecular weight is 274 g/mol. The highest BCUT2D eigenvalue weighted by Crippen LogP contribution is 2.47. The van der Waals surface area contributed by atoms with E-state index in [-0.39, 0.29) is 12.7 Å². The molecule has 3 rings (SSSR count). The molecule has 0 aromatic rings. The first-order valence-corrected chi connectivity index (χ1v) is 6.26. The maximum atomic E-state index is 11.6. The minimum atomic E-state index is -1.82. The third kappa shape index (κ3) is 1.88. The maximum absolute atomic E-state index is 11.6. The Morgan fingerprint density at radius 1 is 1.11 bits per heavy atom. The van der Waals surface area contributed by atoms with Gasteiger partial charge in [0, 0.05) is 0 Å². The van der Waals surface area contributed by atoms with Gasteiger partial charge in [0.2, 0.25) is 0 Å².